The van der Waals surface area contributed by atoms with Crippen molar-refractivity contribution in [3.05, 3.63) is 18.2 Å². The fourth-order valence-electron chi connectivity index (χ4n) is 1.14. The molecule has 78 valence electrons. The molecule has 4 heteroatoms. The van der Waals surface area contributed by atoms with Crippen LogP contribution in [-0.2, 0) is 18.3 Å². The molecular weight excluding hydrogens is 178 g/mol. The quantitative estimate of drug-likeness (QED) is 0.770. The summed E-state index contributed by atoms with van der Waals surface area (Å²) in [6.07, 6.45) is 4.45. The van der Waals surface area contributed by atoms with Gasteiger partial charge in [0.25, 0.3) is 0 Å². The Bertz CT molecular complexity index is 304. The average molecular weight is 195 g/mol. The van der Waals surface area contributed by atoms with Crippen LogP contribution >= 0.6 is 0 Å². The van der Waals surface area contributed by atoms with E-state index in [9.17, 15) is 4.79 Å². The molecule has 1 rings (SSSR count). The normalized spacial score (nSPS) is 10.6. The monoisotopic (exact) mass is 195 g/mol. The van der Waals surface area contributed by atoms with Gasteiger partial charge in [0.05, 0.1) is 0 Å². The number of aryl methyl sites for hydroxylation is 1. The average Bonchev–Trinajstić information content (AvgIpc) is 2.51. The predicted octanol–water partition coefficient (Wildman–Crippen LogP) is 0.735. The number of rotatable bonds is 4. The van der Waals surface area contributed by atoms with Crippen LogP contribution in [0.15, 0.2) is 12.4 Å². The number of nitrogens with one attached hydrogen (secondary N) is 1. The van der Waals surface area contributed by atoms with Crippen LogP contribution in [0.5, 0.6) is 0 Å². The molecule has 14 heavy (non-hydrogen) atoms. The maximum absolute atomic E-state index is 11.2. The lowest BCUT2D eigenvalue weighted by molar-refractivity contribution is -0.123. The molecule has 0 saturated carbocycles. The minimum absolute atomic E-state index is 0.0522. The number of aromatic nitrogens is 2. The Hall–Kier alpha value is -1.32. The standard InChI is InChI=1S/C10H17N3O/c1-8(2)10(14)12-5-4-9-11-6-7-13(9)3/h6-8H,4-5H2,1-3H3,(H,12,14). The Labute approximate surface area is 84.3 Å². The van der Waals surface area contributed by atoms with Crippen LogP contribution in [0.1, 0.15) is 19.7 Å². The lowest BCUT2D eigenvalue weighted by Gasteiger charge is -2.07. The van der Waals surface area contributed by atoms with Crippen molar-refractivity contribution in [1.29, 1.82) is 0 Å². The first-order chi connectivity index (χ1) is 6.61. The van der Waals surface area contributed by atoms with E-state index in [4.69, 9.17) is 0 Å². The Balaban J connectivity index is 2.29. The number of carbonyl (C=O) groups is 1. The summed E-state index contributed by atoms with van der Waals surface area (Å²) >= 11 is 0. The first kappa shape index (κ1) is 10.8. The summed E-state index contributed by atoms with van der Waals surface area (Å²) in [7, 11) is 1.95. The van der Waals surface area contributed by atoms with Crippen molar-refractivity contribution in [2.45, 2.75) is 20.3 Å². The van der Waals surface area contributed by atoms with E-state index in [1.54, 1.807) is 6.20 Å². The minimum Gasteiger partial charge on any atom is -0.355 e. The van der Waals surface area contributed by atoms with Crippen molar-refractivity contribution >= 4 is 5.91 Å². The van der Waals surface area contributed by atoms with Gasteiger partial charge in [-0.25, -0.2) is 4.98 Å². The van der Waals surface area contributed by atoms with E-state index >= 15 is 0 Å². The number of carbonyl (C=O) groups excluding carboxylic acids is 1. The van der Waals surface area contributed by atoms with E-state index in [1.807, 2.05) is 31.7 Å². The van der Waals surface area contributed by atoms with E-state index in [2.05, 4.69) is 10.3 Å². The van der Waals surface area contributed by atoms with Gasteiger partial charge in [0.1, 0.15) is 5.82 Å². The first-order valence-electron chi connectivity index (χ1n) is 4.85. The SMILES string of the molecule is CC(C)C(=O)NCCc1nccn1C. The van der Waals surface area contributed by atoms with Gasteiger partial charge in [0.15, 0.2) is 0 Å². The molecular formula is C10H17N3O. The van der Waals surface area contributed by atoms with Crippen molar-refractivity contribution in [3.8, 4) is 0 Å². The van der Waals surface area contributed by atoms with Gasteiger partial charge in [-0.15, -0.1) is 0 Å². The highest BCUT2D eigenvalue weighted by Crippen LogP contribution is 1.95. The molecule has 1 amide bonds. The molecule has 1 heterocycles. The highest BCUT2D eigenvalue weighted by molar-refractivity contribution is 5.77. The molecule has 0 aliphatic carbocycles. The largest absolute Gasteiger partial charge is 0.355 e. The molecule has 0 aliphatic rings. The zero-order valence-corrected chi connectivity index (χ0v) is 8.95. The maximum atomic E-state index is 11.2. The second kappa shape index (κ2) is 4.79. The third kappa shape index (κ3) is 2.87. The Morgan fingerprint density at radius 2 is 2.36 bits per heavy atom. The molecule has 0 atom stereocenters. The third-order valence-corrected chi connectivity index (χ3v) is 2.09. The van der Waals surface area contributed by atoms with Crippen LogP contribution in [0, 0.1) is 5.92 Å². The summed E-state index contributed by atoms with van der Waals surface area (Å²) in [6.45, 7) is 4.42. The summed E-state index contributed by atoms with van der Waals surface area (Å²) in [5.41, 5.74) is 0. The molecule has 0 radical (unpaired) electrons. The van der Waals surface area contributed by atoms with Crippen molar-refractivity contribution in [1.82, 2.24) is 14.9 Å². The first-order valence-corrected chi connectivity index (χ1v) is 4.85. The van der Waals surface area contributed by atoms with Gasteiger partial charge < -0.3 is 9.88 Å². The Kier molecular flexibility index (Phi) is 3.68. The predicted molar refractivity (Wildman–Crippen MR) is 54.8 cm³/mol. The number of nitrogens with zero attached hydrogens (tertiary/aromatic N) is 2. The highest BCUT2D eigenvalue weighted by atomic mass is 16.1. The van der Waals surface area contributed by atoms with E-state index in [0.29, 0.717) is 6.54 Å². The maximum Gasteiger partial charge on any atom is 0.222 e. The lowest BCUT2D eigenvalue weighted by Crippen LogP contribution is -2.29. The molecule has 1 aromatic heterocycles. The molecule has 0 saturated heterocycles. The Morgan fingerprint density at radius 1 is 1.64 bits per heavy atom. The van der Waals surface area contributed by atoms with Gasteiger partial charge in [-0.05, 0) is 0 Å². The minimum atomic E-state index is 0.0522. The lowest BCUT2D eigenvalue weighted by atomic mass is 10.2. The smallest absolute Gasteiger partial charge is 0.222 e. The molecule has 1 N–H and O–H groups in total. The second-order valence-corrected chi connectivity index (χ2v) is 3.65. The fourth-order valence-corrected chi connectivity index (χ4v) is 1.14. The zero-order valence-electron chi connectivity index (χ0n) is 8.95. The molecule has 0 bridgehead atoms. The van der Waals surface area contributed by atoms with Crippen molar-refractivity contribution in [2.75, 3.05) is 6.54 Å². The number of hydrogen-bond donors (Lipinski definition) is 1. The van der Waals surface area contributed by atoms with Gasteiger partial charge in [-0.2, -0.15) is 0 Å². The molecule has 0 spiro atoms. The van der Waals surface area contributed by atoms with E-state index < -0.39 is 0 Å². The van der Waals surface area contributed by atoms with E-state index in [-0.39, 0.29) is 11.8 Å². The van der Waals surface area contributed by atoms with Crippen molar-refractivity contribution in [3.63, 3.8) is 0 Å². The third-order valence-electron chi connectivity index (χ3n) is 2.09. The zero-order chi connectivity index (χ0) is 10.6. The van der Waals surface area contributed by atoms with E-state index in [1.165, 1.54) is 0 Å². The fraction of sp³-hybridized carbons (Fsp3) is 0.600. The highest BCUT2D eigenvalue weighted by Gasteiger charge is 2.06. The van der Waals surface area contributed by atoms with Gasteiger partial charge >= 0.3 is 0 Å². The van der Waals surface area contributed by atoms with Crippen LogP contribution in [-0.4, -0.2) is 22.0 Å². The van der Waals surface area contributed by atoms with Gasteiger partial charge in [0.2, 0.25) is 5.91 Å². The van der Waals surface area contributed by atoms with Crippen molar-refractivity contribution in [2.24, 2.45) is 13.0 Å². The van der Waals surface area contributed by atoms with Crippen LogP contribution in [0.2, 0.25) is 0 Å². The summed E-state index contributed by atoms with van der Waals surface area (Å²) in [5.74, 6) is 1.14. The van der Waals surface area contributed by atoms with Crippen LogP contribution in [0.25, 0.3) is 0 Å². The molecule has 0 aromatic carbocycles. The van der Waals surface area contributed by atoms with Gasteiger partial charge in [0, 0.05) is 38.3 Å². The molecule has 0 fully saturated rings. The second-order valence-electron chi connectivity index (χ2n) is 3.65. The van der Waals surface area contributed by atoms with Gasteiger partial charge in [-0.1, -0.05) is 13.8 Å². The molecule has 0 unspecified atom stereocenters. The van der Waals surface area contributed by atoms with Crippen molar-refractivity contribution < 1.29 is 4.79 Å². The van der Waals surface area contributed by atoms with E-state index in [0.717, 1.165) is 12.2 Å². The summed E-state index contributed by atoms with van der Waals surface area (Å²) < 4.78 is 1.96. The van der Waals surface area contributed by atoms with Crippen LogP contribution in [0.3, 0.4) is 0 Å². The van der Waals surface area contributed by atoms with Crippen LogP contribution < -0.4 is 5.32 Å². The Morgan fingerprint density at radius 3 is 2.86 bits per heavy atom. The summed E-state index contributed by atoms with van der Waals surface area (Å²) in [5, 5.41) is 2.86. The van der Waals surface area contributed by atoms with Crippen LogP contribution in [0.4, 0.5) is 0 Å². The summed E-state index contributed by atoms with van der Waals surface area (Å²) in [6, 6.07) is 0. The topological polar surface area (TPSA) is 46.9 Å². The molecule has 1 aromatic rings. The number of imidazole rings is 1. The number of hydrogen-bond acceptors (Lipinski definition) is 2. The summed E-state index contributed by atoms with van der Waals surface area (Å²) in [4.78, 5) is 15.4. The van der Waals surface area contributed by atoms with Gasteiger partial charge in [-0.3, -0.25) is 4.79 Å². The molecule has 0 aliphatic heterocycles. The molecule has 4 nitrogen and oxygen atoms in total. The number of amides is 1.